The molecule has 1 saturated carbocycles. The molecule has 2 N–H and O–H groups in total. The molecule has 1 aromatic rings. The summed E-state index contributed by atoms with van der Waals surface area (Å²) in [4.78, 5) is 11.2. The smallest absolute Gasteiger partial charge is 0.239 e. The second-order valence-electron chi connectivity index (χ2n) is 4.39. The molecule has 1 amide bonds. The molecule has 2 rings (SSSR count). The summed E-state index contributed by atoms with van der Waals surface area (Å²) in [5, 5.41) is 5.97. The first kappa shape index (κ1) is 11.2. The van der Waals surface area contributed by atoms with Gasteiger partial charge in [0.2, 0.25) is 5.91 Å². The maximum atomic E-state index is 11.2. The fourth-order valence-electron chi connectivity index (χ4n) is 2.09. The predicted octanol–water partition coefficient (Wildman–Crippen LogP) is 0.905. The van der Waals surface area contributed by atoms with Gasteiger partial charge in [-0.25, -0.2) is 0 Å². The first-order valence-electron chi connectivity index (χ1n) is 5.78. The molecule has 4 nitrogen and oxygen atoms in total. The molecule has 4 heteroatoms. The standard InChI is InChI=1S/C12H19N3O/c1-13-11(16)8-15-6-5-10(7-15)12(14-2)9-3-4-9/h5-7,9,12,14H,3-4,8H2,1-2H3,(H,13,16). The maximum Gasteiger partial charge on any atom is 0.239 e. The molecule has 1 heterocycles. The van der Waals surface area contributed by atoms with E-state index in [0.717, 1.165) is 5.92 Å². The molecule has 1 aromatic heterocycles. The van der Waals surface area contributed by atoms with Crippen molar-refractivity contribution in [1.82, 2.24) is 15.2 Å². The third-order valence-corrected chi connectivity index (χ3v) is 3.14. The van der Waals surface area contributed by atoms with Gasteiger partial charge in [-0.1, -0.05) is 0 Å². The topological polar surface area (TPSA) is 46.1 Å². The number of likely N-dealkylation sites (N-methyl/N-ethyl adjacent to an activating group) is 1. The fraction of sp³-hybridized carbons (Fsp3) is 0.583. The molecule has 0 spiro atoms. The summed E-state index contributed by atoms with van der Waals surface area (Å²) >= 11 is 0. The van der Waals surface area contributed by atoms with Crippen molar-refractivity contribution in [2.24, 2.45) is 5.92 Å². The number of nitrogens with zero attached hydrogens (tertiary/aromatic N) is 1. The molecule has 1 fully saturated rings. The minimum atomic E-state index is 0.0366. The van der Waals surface area contributed by atoms with E-state index in [1.165, 1.54) is 18.4 Å². The molecule has 0 aliphatic heterocycles. The first-order valence-corrected chi connectivity index (χ1v) is 5.78. The highest BCUT2D eigenvalue weighted by Crippen LogP contribution is 2.40. The lowest BCUT2D eigenvalue weighted by Gasteiger charge is -2.13. The molecule has 1 unspecified atom stereocenters. The Labute approximate surface area is 96.0 Å². The summed E-state index contributed by atoms with van der Waals surface area (Å²) in [6, 6.07) is 2.55. The molecule has 88 valence electrons. The normalized spacial score (nSPS) is 17.1. The van der Waals surface area contributed by atoms with Gasteiger partial charge in [0.05, 0.1) is 0 Å². The number of carbonyl (C=O) groups excluding carboxylic acids is 1. The van der Waals surface area contributed by atoms with Crippen LogP contribution < -0.4 is 10.6 Å². The Bertz CT molecular complexity index is 368. The molecule has 0 bridgehead atoms. The van der Waals surface area contributed by atoms with Gasteiger partial charge in [0.15, 0.2) is 0 Å². The quantitative estimate of drug-likeness (QED) is 0.776. The van der Waals surface area contributed by atoms with Gasteiger partial charge in [0, 0.05) is 25.5 Å². The highest BCUT2D eigenvalue weighted by molar-refractivity contribution is 5.75. The summed E-state index contributed by atoms with van der Waals surface area (Å²) in [7, 11) is 3.66. The van der Waals surface area contributed by atoms with Crippen LogP contribution in [0.2, 0.25) is 0 Å². The fourth-order valence-corrected chi connectivity index (χ4v) is 2.09. The number of amides is 1. The SMILES string of the molecule is CNC(=O)Cn1ccc(C(NC)C2CC2)c1. The number of rotatable bonds is 5. The van der Waals surface area contributed by atoms with Crippen LogP contribution in [-0.2, 0) is 11.3 Å². The summed E-state index contributed by atoms with van der Waals surface area (Å²) in [5.41, 5.74) is 1.29. The van der Waals surface area contributed by atoms with Gasteiger partial charge < -0.3 is 15.2 Å². The predicted molar refractivity (Wildman–Crippen MR) is 63.0 cm³/mol. The van der Waals surface area contributed by atoms with Crippen molar-refractivity contribution in [3.8, 4) is 0 Å². The Balaban J connectivity index is 2.03. The molecule has 1 aliphatic carbocycles. The molecule has 16 heavy (non-hydrogen) atoms. The second-order valence-corrected chi connectivity index (χ2v) is 4.39. The van der Waals surface area contributed by atoms with Crippen LogP contribution in [0.4, 0.5) is 0 Å². The Morgan fingerprint density at radius 2 is 2.31 bits per heavy atom. The molecular formula is C12H19N3O. The zero-order valence-corrected chi connectivity index (χ0v) is 9.86. The van der Waals surface area contributed by atoms with E-state index in [0.29, 0.717) is 12.6 Å². The summed E-state index contributed by atoms with van der Waals surface area (Å²) < 4.78 is 1.93. The number of hydrogen-bond donors (Lipinski definition) is 2. The maximum absolute atomic E-state index is 11.2. The number of aromatic nitrogens is 1. The molecule has 0 radical (unpaired) electrons. The van der Waals surface area contributed by atoms with Gasteiger partial charge in [-0.3, -0.25) is 4.79 Å². The van der Waals surface area contributed by atoms with Gasteiger partial charge in [-0.2, -0.15) is 0 Å². The van der Waals surface area contributed by atoms with Crippen LogP contribution in [0, 0.1) is 5.92 Å². The molecule has 0 saturated heterocycles. The van der Waals surface area contributed by atoms with Crippen molar-refractivity contribution in [1.29, 1.82) is 0 Å². The van der Waals surface area contributed by atoms with Gasteiger partial charge in [0.1, 0.15) is 6.54 Å². The lowest BCUT2D eigenvalue weighted by molar-refractivity contribution is -0.121. The van der Waals surface area contributed by atoms with Crippen LogP contribution in [-0.4, -0.2) is 24.6 Å². The highest BCUT2D eigenvalue weighted by atomic mass is 16.1. The number of nitrogens with one attached hydrogen (secondary N) is 2. The Hall–Kier alpha value is -1.29. The Morgan fingerprint density at radius 1 is 1.56 bits per heavy atom. The third-order valence-electron chi connectivity index (χ3n) is 3.14. The summed E-state index contributed by atoms with van der Waals surface area (Å²) in [6.07, 6.45) is 6.66. The van der Waals surface area contributed by atoms with Crippen molar-refractivity contribution in [3.63, 3.8) is 0 Å². The van der Waals surface area contributed by atoms with E-state index < -0.39 is 0 Å². The van der Waals surface area contributed by atoms with Crippen molar-refractivity contribution in [3.05, 3.63) is 24.0 Å². The van der Waals surface area contributed by atoms with Crippen molar-refractivity contribution < 1.29 is 4.79 Å². The van der Waals surface area contributed by atoms with Gasteiger partial charge in [-0.05, 0) is 37.4 Å². The molecule has 1 aliphatic rings. The second kappa shape index (κ2) is 4.70. The summed E-state index contributed by atoms with van der Waals surface area (Å²) in [6.45, 7) is 0.400. The van der Waals surface area contributed by atoms with E-state index in [1.807, 2.05) is 17.8 Å². The lowest BCUT2D eigenvalue weighted by atomic mass is 10.1. The van der Waals surface area contributed by atoms with Crippen LogP contribution >= 0.6 is 0 Å². The monoisotopic (exact) mass is 221 g/mol. The average molecular weight is 221 g/mol. The number of hydrogen-bond acceptors (Lipinski definition) is 2. The highest BCUT2D eigenvalue weighted by Gasteiger charge is 2.31. The first-order chi connectivity index (χ1) is 7.74. The van der Waals surface area contributed by atoms with Crippen LogP contribution in [0.5, 0.6) is 0 Å². The number of carbonyl (C=O) groups is 1. The van der Waals surface area contributed by atoms with E-state index in [9.17, 15) is 4.79 Å². The van der Waals surface area contributed by atoms with Crippen molar-refractivity contribution in [2.45, 2.75) is 25.4 Å². The van der Waals surface area contributed by atoms with E-state index in [2.05, 4.69) is 22.9 Å². The largest absolute Gasteiger partial charge is 0.358 e. The molecular weight excluding hydrogens is 202 g/mol. The average Bonchev–Trinajstić information content (AvgIpc) is 3.01. The lowest BCUT2D eigenvalue weighted by Crippen LogP contribution is -2.23. The molecule has 0 aromatic carbocycles. The molecule has 1 atom stereocenters. The zero-order valence-electron chi connectivity index (χ0n) is 9.86. The van der Waals surface area contributed by atoms with Crippen molar-refractivity contribution >= 4 is 5.91 Å². The Morgan fingerprint density at radius 3 is 2.88 bits per heavy atom. The Kier molecular flexibility index (Phi) is 3.29. The van der Waals surface area contributed by atoms with E-state index in [1.54, 1.807) is 7.05 Å². The van der Waals surface area contributed by atoms with Crippen LogP contribution in [0.15, 0.2) is 18.5 Å². The van der Waals surface area contributed by atoms with E-state index in [-0.39, 0.29) is 5.91 Å². The summed E-state index contributed by atoms with van der Waals surface area (Å²) in [5.74, 6) is 0.815. The third kappa shape index (κ3) is 2.44. The van der Waals surface area contributed by atoms with Gasteiger partial charge in [-0.15, -0.1) is 0 Å². The minimum Gasteiger partial charge on any atom is -0.358 e. The van der Waals surface area contributed by atoms with Gasteiger partial charge >= 0.3 is 0 Å². The zero-order chi connectivity index (χ0) is 11.5. The van der Waals surface area contributed by atoms with Crippen molar-refractivity contribution in [2.75, 3.05) is 14.1 Å². The van der Waals surface area contributed by atoms with Crippen LogP contribution in [0.25, 0.3) is 0 Å². The van der Waals surface area contributed by atoms with E-state index >= 15 is 0 Å². The van der Waals surface area contributed by atoms with Crippen LogP contribution in [0.3, 0.4) is 0 Å². The minimum absolute atomic E-state index is 0.0366. The van der Waals surface area contributed by atoms with Gasteiger partial charge in [0.25, 0.3) is 0 Å². The van der Waals surface area contributed by atoms with E-state index in [4.69, 9.17) is 0 Å². The van der Waals surface area contributed by atoms with Crippen LogP contribution in [0.1, 0.15) is 24.4 Å².